The maximum atomic E-state index is 13.0. The number of hydrogen-bond donors (Lipinski definition) is 0. The number of halogens is 1. The summed E-state index contributed by atoms with van der Waals surface area (Å²) in [6, 6.07) is 8.04. The molecule has 0 aliphatic heterocycles. The van der Waals surface area contributed by atoms with Gasteiger partial charge in [0, 0.05) is 18.3 Å². The number of carbonyl (C=O) groups is 1. The highest BCUT2D eigenvalue weighted by Crippen LogP contribution is 2.18. The van der Waals surface area contributed by atoms with Gasteiger partial charge in [-0.05, 0) is 65.0 Å². The van der Waals surface area contributed by atoms with Gasteiger partial charge in [0.25, 0.3) is 0 Å². The van der Waals surface area contributed by atoms with Crippen molar-refractivity contribution in [2.75, 3.05) is 6.54 Å². The molecule has 0 aliphatic rings. The summed E-state index contributed by atoms with van der Waals surface area (Å²) < 4.78 is 20.3. The van der Waals surface area contributed by atoms with E-state index in [1.807, 2.05) is 46.9 Å². The van der Waals surface area contributed by atoms with Crippen LogP contribution in [-0.2, 0) is 11.3 Å². The largest absolute Gasteiger partial charge is 0.444 e. The SMILES string of the molecule is CCN(C(=O)OC(C)(C)C)[C@H](C)Cn1ccc(-c2ccc(F)cc2)n1. The number of benzene rings is 1. The molecule has 0 fully saturated rings. The third-order valence-corrected chi connectivity index (χ3v) is 3.73. The van der Waals surface area contributed by atoms with Crippen LogP contribution in [0.25, 0.3) is 11.3 Å². The molecule has 0 saturated heterocycles. The van der Waals surface area contributed by atoms with Crippen molar-refractivity contribution in [3.05, 3.63) is 42.3 Å². The Labute approximate surface area is 148 Å². The molecule has 136 valence electrons. The van der Waals surface area contributed by atoms with Crippen LogP contribution in [0.5, 0.6) is 0 Å². The van der Waals surface area contributed by atoms with Crippen molar-refractivity contribution in [3.8, 4) is 11.3 Å². The van der Waals surface area contributed by atoms with Crippen LogP contribution in [0.1, 0.15) is 34.6 Å². The molecule has 0 radical (unpaired) electrons. The third kappa shape index (κ3) is 5.31. The first-order valence-corrected chi connectivity index (χ1v) is 8.48. The van der Waals surface area contributed by atoms with Crippen LogP contribution in [-0.4, -0.2) is 39.0 Å². The number of hydrogen-bond acceptors (Lipinski definition) is 3. The van der Waals surface area contributed by atoms with Crippen LogP contribution in [0.4, 0.5) is 9.18 Å². The normalized spacial score (nSPS) is 12.7. The van der Waals surface area contributed by atoms with E-state index < -0.39 is 5.60 Å². The molecule has 0 unspecified atom stereocenters. The van der Waals surface area contributed by atoms with Crippen molar-refractivity contribution in [1.29, 1.82) is 0 Å². The second-order valence-electron chi connectivity index (χ2n) is 7.05. The molecule has 1 atom stereocenters. The number of rotatable bonds is 5. The molecule has 1 aromatic heterocycles. The van der Waals surface area contributed by atoms with Gasteiger partial charge >= 0.3 is 6.09 Å². The Bertz CT molecular complexity index is 704. The van der Waals surface area contributed by atoms with Gasteiger partial charge in [0.1, 0.15) is 11.4 Å². The second-order valence-corrected chi connectivity index (χ2v) is 7.05. The molecule has 1 aromatic carbocycles. The van der Waals surface area contributed by atoms with Gasteiger partial charge < -0.3 is 9.64 Å². The molecule has 0 saturated carbocycles. The minimum Gasteiger partial charge on any atom is -0.444 e. The van der Waals surface area contributed by atoms with Gasteiger partial charge in [-0.1, -0.05) is 0 Å². The summed E-state index contributed by atoms with van der Waals surface area (Å²) in [6.07, 6.45) is 1.53. The first-order valence-electron chi connectivity index (χ1n) is 8.48. The summed E-state index contributed by atoms with van der Waals surface area (Å²) in [7, 11) is 0. The van der Waals surface area contributed by atoms with E-state index in [4.69, 9.17) is 4.74 Å². The average Bonchev–Trinajstić information content (AvgIpc) is 2.95. The molecular formula is C19H26FN3O2. The van der Waals surface area contributed by atoms with Gasteiger partial charge in [0.05, 0.1) is 18.3 Å². The minimum absolute atomic E-state index is 0.0687. The molecule has 2 rings (SSSR count). The molecule has 0 spiro atoms. The average molecular weight is 347 g/mol. The molecule has 1 amide bonds. The van der Waals surface area contributed by atoms with Crippen molar-refractivity contribution < 1.29 is 13.9 Å². The van der Waals surface area contributed by atoms with Crippen molar-refractivity contribution in [3.63, 3.8) is 0 Å². The topological polar surface area (TPSA) is 47.4 Å². The number of ether oxygens (including phenoxy) is 1. The van der Waals surface area contributed by atoms with Gasteiger partial charge in [-0.15, -0.1) is 0 Å². The lowest BCUT2D eigenvalue weighted by molar-refractivity contribution is 0.0171. The summed E-state index contributed by atoms with van der Waals surface area (Å²) in [5, 5.41) is 4.52. The Kier molecular flexibility index (Phi) is 5.82. The van der Waals surface area contributed by atoms with E-state index in [0.717, 1.165) is 11.3 Å². The highest BCUT2D eigenvalue weighted by molar-refractivity contribution is 5.68. The molecule has 2 aromatic rings. The first kappa shape index (κ1) is 19.0. The third-order valence-electron chi connectivity index (χ3n) is 3.73. The molecular weight excluding hydrogens is 321 g/mol. The highest BCUT2D eigenvalue weighted by Gasteiger charge is 2.25. The van der Waals surface area contributed by atoms with Gasteiger partial charge in [0.15, 0.2) is 0 Å². The first-order chi connectivity index (χ1) is 11.7. The van der Waals surface area contributed by atoms with Gasteiger partial charge in [-0.2, -0.15) is 5.10 Å². The predicted octanol–water partition coefficient (Wildman–Crippen LogP) is 4.33. The van der Waals surface area contributed by atoms with Crippen molar-refractivity contribution >= 4 is 6.09 Å². The van der Waals surface area contributed by atoms with Crippen molar-refractivity contribution in [2.45, 2.75) is 52.8 Å². The van der Waals surface area contributed by atoms with Gasteiger partial charge in [-0.25, -0.2) is 9.18 Å². The fourth-order valence-electron chi connectivity index (χ4n) is 2.55. The standard InChI is InChI=1S/C19H26FN3O2/c1-6-23(18(24)25-19(3,4)5)14(2)13-22-12-11-17(21-22)15-7-9-16(20)10-8-15/h7-12,14H,6,13H2,1-5H3/t14-/m1/s1. The predicted molar refractivity (Wildman–Crippen MR) is 95.7 cm³/mol. The van der Waals surface area contributed by atoms with Gasteiger partial charge in [0.2, 0.25) is 0 Å². The number of nitrogens with zero attached hydrogens (tertiary/aromatic N) is 3. The summed E-state index contributed by atoms with van der Waals surface area (Å²) in [4.78, 5) is 14.0. The van der Waals surface area contributed by atoms with Crippen LogP contribution < -0.4 is 0 Å². The fraction of sp³-hybridized carbons (Fsp3) is 0.474. The van der Waals surface area contributed by atoms with E-state index in [1.165, 1.54) is 12.1 Å². The Morgan fingerprint density at radius 3 is 2.48 bits per heavy atom. The molecule has 0 aliphatic carbocycles. The smallest absolute Gasteiger partial charge is 0.410 e. The minimum atomic E-state index is -0.522. The Hall–Kier alpha value is -2.37. The molecule has 1 heterocycles. The lowest BCUT2D eigenvalue weighted by atomic mass is 10.1. The lowest BCUT2D eigenvalue weighted by Gasteiger charge is -2.30. The van der Waals surface area contributed by atoms with Crippen LogP contribution >= 0.6 is 0 Å². The van der Waals surface area contributed by atoms with Crippen molar-refractivity contribution in [1.82, 2.24) is 14.7 Å². The second kappa shape index (κ2) is 7.68. The Balaban J connectivity index is 2.05. The zero-order valence-electron chi connectivity index (χ0n) is 15.5. The Morgan fingerprint density at radius 2 is 1.92 bits per heavy atom. The van der Waals surface area contributed by atoms with Crippen LogP contribution in [0, 0.1) is 5.82 Å². The van der Waals surface area contributed by atoms with E-state index in [2.05, 4.69) is 5.10 Å². The van der Waals surface area contributed by atoms with Crippen LogP contribution in [0.15, 0.2) is 36.5 Å². The van der Waals surface area contributed by atoms with E-state index >= 15 is 0 Å². The lowest BCUT2D eigenvalue weighted by Crippen LogP contribution is -2.43. The van der Waals surface area contributed by atoms with Crippen LogP contribution in [0.2, 0.25) is 0 Å². The summed E-state index contributed by atoms with van der Waals surface area (Å²) in [6.45, 7) is 10.6. The number of likely N-dealkylation sites (N-methyl/N-ethyl adjacent to an activating group) is 1. The molecule has 6 heteroatoms. The van der Waals surface area contributed by atoms with E-state index in [0.29, 0.717) is 13.1 Å². The Morgan fingerprint density at radius 1 is 1.28 bits per heavy atom. The molecule has 0 N–H and O–H groups in total. The molecule has 5 nitrogen and oxygen atoms in total. The van der Waals surface area contributed by atoms with Gasteiger partial charge in [-0.3, -0.25) is 4.68 Å². The van der Waals surface area contributed by atoms with Crippen molar-refractivity contribution in [2.24, 2.45) is 0 Å². The quantitative estimate of drug-likeness (QED) is 0.808. The van der Waals surface area contributed by atoms with Crippen LogP contribution in [0.3, 0.4) is 0 Å². The number of amides is 1. The van der Waals surface area contributed by atoms with E-state index in [9.17, 15) is 9.18 Å². The summed E-state index contributed by atoms with van der Waals surface area (Å²) in [5.41, 5.74) is 1.10. The maximum Gasteiger partial charge on any atom is 0.410 e. The maximum absolute atomic E-state index is 13.0. The molecule has 25 heavy (non-hydrogen) atoms. The highest BCUT2D eigenvalue weighted by atomic mass is 19.1. The summed E-state index contributed by atoms with van der Waals surface area (Å²) >= 11 is 0. The molecule has 0 bridgehead atoms. The number of aromatic nitrogens is 2. The fourth-order valence-corrected chi connectivity index (χ4v) is 2.55. The monoisotopic (exact) mass is 347 g/mol. The van der Waals surface area contributed by atoms with E-state index in [1.54, 1.807) is 21.7 Å². The number of carbonyl (C=O) groups excluding carboxylic acids is 1. The summed E-state index contributed by atoms with van der Waals surface area (Å²) in [5.74, 6) is -0.271. The zero-order valence-corrected chi connectivity index (χ0v) is 15.5. The zero-order chi connectivity index (χ0) is 18.6. The van der Waals surface area contributed by atoms with E-state index in [-0.39, 0.29) is 18.0 Å².